The molecule has 1 N–H and O–H groups in total. The standard InChI is InChI=1S/C24H28ClN3O2/c1-16-21-19(8-9-20(25)22(21)26-23(16)29)24(30)28-14-11-18(12-15-28)27(2)13-10-17-6-4-3-5-7-17/h3-9,16,18H,10-15H2,1-2H3,(H,26,29). The Labute approximate surface area is 183 Å². The maximum Gasteiger partial charge on any atom is 0.254 e. The maximum atomic E-state index is 13.2. The Hall–Kier alpha value is -2.37. The number of halogens is 1. The topological polar surface area (TPSA) is 52.7 Å². The Morgan fingerprint density at radius 1 is 1.17 bits per heavy atom. The van der Waals surface area contributed by atoms with Crippen LogP contribution in [0.5, 0.6) is 0 Å². The molecule has 2 heterocycles. The van der Waals surface area contributed by atoms with Crippen LogP contribution in [0.3, 0.4) is 0 Å². The van der Waals surface area contributed by atoms with Crippen molar-refractivity contribution >= 4 is 29.1 Å². The van der Waals surface area contributed by atoms with Crippen LogP contribution >= 0.6 is 11.6 Å². The summed E-state index contributed by atoms with van der Waals surface area (Å²) in [5.74, 6) is -0.470. The lowest BCUT2D eigenvalue weighted by Gasteiger charge is -2.37. The molecule has 0 spiro atoms. The number of nitrogens with zero attached hydrogens (tertiary/aromatic N) is 2. The van der Waals surface area contributed by atoms with Crippen molar-refractivity contribution < 1.29 is 9.59 Å². The van der Waals surface area contributed by atoms with E-state index in [4.69, 9.17) is 11.6 Å². The minimum Gasteiger partial charge on any atom is -0.339 e. The van der Waals surface area contributed by atoms with E-state index in [0.717, 1.165) is 44.5 Å². The quantitative estimate of drug-likeness (QED) is 0.782. The van der Waals surface area contributed by atoms with Gasteiger partial charge in [-0.05, 0) is 50.9 Å². The molecule has 1 unspecified atom stereocenters. The van der Waals surface area contributed by atoms with E-state index < -0.39 is 0 Å². The van der Waals surface area contributed by atoms with Crippen LogP contribution < -0.4 is 5.32 Å². The number of fused-ring (bicyclic) bond motifs is 1. The molecule has 4 rings (SSSR count). The predicted octanol–water partition coefficient (Wildman–Crippen LogP) is 4.17. The highest BCUT2D eigenvalue weighted by Crippen LogP contribution is 2.40. The van der Waals surface area contributed by atoms with Gasteiger partial charge in [-0.1, -0.05) is 41.9 Å². The summed E-state index contributed by atoms with van der Waals surface area (Å²) < 4.78 is 0. The van der Waals surface area contributed by atoms with Gasteiger partial charge in [-0.2, -0.15) is 0 Å². The zero-order chi connectivity index (χ0) is 21.3. The van der Waals surface area contributed by atoms with Crippen LogP contribution in [0.2, 0.25) is 5.02 Å². The molecule has 0 aliphatic carbocycles. The number of likely N-dealkylation sites (tertiary alicyclic amines) is 1. The van der Waals surface area contributed by atoms with Crippen molar-refractivity contribution in [2.45, 2.75) is 38.1 Å². The lowest BCUT2D eigenvalue weighted by molar-refractivity contribution is -0.116. The van der Waals surface area contributed by atoms with Crippen molar-refractivity contribution in [2.75, 3.05) is 32.0 Å². The van der Waals surface area contributed by atoms with E-state index in [-0.39, 0.29) is 17.7 Å². The zero-order valence-electron chi connectivity index (χ0n) is 17.5. The Morgan fingerprint density at radius 2 is 1.87 bits per heavy atom. The smallest absolute Gasteiger partial charge is 0.254 e. The Morgan fingerprint density at radius 3 is 2.57 bits per heavy atom. The van der Waals surface area contributed by atoms with E-state index >= 15 is 0 Å². The fourth-order valence-electron chi connectivity index (χ4n) is 4.53. The molecule has 2 aliphatic heterocycles. The first kappa shape index (κ1) is 20.9. The molecule has 1 saturated heterocycles. The predicted molar refractivity (Wildman–Crippen MR) is 120 cm³/mol. The summed E-state index contributed by atoms with van der Waals surface area (Å²) >= 11 is 6.25. The van der Waals surface area contributed by atoms with Gasteiger partial charge in [0.25, 0.3) is 5.91 Å². The molecular weight excluding hydrogens is 398 g/mol. The summed E-state index contributed by atoms with van der Waals surface area (Å²) in [5.41, 5.74) is 3.28. The third-order valence-corrected chi connectivity index (χ3v) is 6.79. The third-order valence-electron chi connectivity index (χ3n) is 6.47. The molecule has 6 heteroatoms. The van der Waals surface area contributed by atoms with Crippen LogP contribution in [0.15, 0.2) is 42.5 Å². The molecule has 0 bridgehead atoms. The number of carbonyl (C=O) groups excluding carboxylic acids is 2. The van der Waals surface area contributed by atoms with Gasteiger partial charge in [0.2, 0.25) is 5.91 Å². The molecular formula is C24H28ClN3O2. The second kappa shape index (κ2) is 8.78. The summed E-state index contributed by atoms with van der Waals surface area (Å²) in [6, 6.07) is 14.5. The number of anilines is 1. The average molecular weight is 426 g/mol. The monoisotopic (exact) mass is 425 g/mol. The van der Waals surface area contributed by atoms with Gasteiger partial charge >= 0.3 is 0 Å². The van der Waals surface area contributed by atoms with Gasteiger partial charge in [0.15, 0.2) is 0 Å². The first-order valence-electron chi connectivity index (χ1n) is 10.6. The van der Waals surface area contributed by atoms with Crippen LogP contribution in [-0.2, 0) is 11.2 Å². The Kier molecular flexibility index (Phi) is 6.11. The van der Waals surface area contributed by atoms with Crippen molar-refractivity contribution in [2.24, 2.45) is 0 Å². The molecule has 2 aliphatic rings. The van der Waals surface area contributed by atoms with E-state index in [2.05, 4.69) is 41.5 Å². The maximum absolute atomic E-state index is 13.2. The zero-order valence-corrected chi connectivity index (χ0v) is 18.3. The molecule has 2 aromatic carbocycles. The highest BCUT2D eigenvalue weighted by atomic mass is 35.5. The highest BCUT2D eigenvalue weighted by Gasteiger charge is 2.35. The molecule has 1 fully saturated rings. The normalized spacial score (nSPS) is 19.1. The van der Waals surface area contributed by atoms with Crippen molar-refractivity contribution in [1.82, 2.24) is 9.80 Å². The van der Waals surface area contributed by atoms with Crippen molar-refractivity contribution in [1.29, 1.82) is 0 Å². The molecule has 30 heavy (non-hydrogen) atoms. The third kappa shape index (κ3) is 4.09. The van der Waals surface area contributed by atoms with E-state index in [0.29, 0.717) is 22.3 Å². The van der Waals surface area contributed by atoms with Crippen LogP contribution in [-0.4, -0.2) is 54.3 Å². The number of rotatable bonds is 5. The van der Waals surface area contributed by atoms with E-state index in [9.17, 15) is 9.59 Å². The molecule has 158 valence electrons. The molecule has 0 radical (unpaired) electrons. The highest BCUT2D eigenvalue weighted by molar-refractivity contribution is 6.35. The summed E-state index contributed by atoms with van der Waals surface area (Å²) in [6.45, 7) is 4.29. The summed E-state index contributed by atoms with van der Waals surface area (Å²) in [4.78, 5) is 29.7. The average Bonchev–Trinajstić information content (AvgIpc) is 3.08. The van der Waals surface area contributed by atoms with Gasteiger partial charge in [0, 0.05) is 36.8 Å². The first-order valence-corrected chi connectivity index (χ1v) is 11.0. The number of nitrogens with one attached hydrogen (secondary N) is 1. The lowest BCUT2D eigenvalue weighted by atomic mass is 9.95. The summed E-state index contributed by atoms with van der Waals surface area (Å²) in [6.07, 6.45) is 2.95. The molecule has 1 atom stereocenters. The van der Waals surface area contributed by atoms with Crippen molar-refractivity contribution in [3.63, 3.8) is 0 Å². The SMILES string of the molecule is CC1C(=O)Nc2c(Cl)ccc(C(=O)N3CCC(N(C)CCc4ccccc4)CC3)c21. The van der Waals surface area contributed by atoms with Gasteiger partial charge in [-0.25, -0.2) is 0 Å². The van der Waals surface area contributed by atoms with Gasteiger partial charge < -0.3 is 15.1 Å². The number of hydrogen-bond acceptors (Lipinski definition) is 3. The second-order valence-corrected chi connectivity index (χ2v) is 8.74. The van der Waals surface area contributed by atoms with Crippen molar-refractivity contribution in [3.05, 3.63) is 64.2 Å². The van der Waals surface area contributed by atoms with Gasteiger partial charge in [0.05, 0.1) is 16.6 Å². The molecule has 5 nitrogen and oxygen atoms in total. The fraction of sp³-hybridized carbons (Fsp3) is 0.417. The van der Waals surface area contributed by atoms with Crippen LogP contribution in [0, 0.1) is 0 Å². The largest absolute Gasteiger partial charge is 0.339 e. The lowest BCUT2D eigenvalue weighted by Crippen LogP contribution is -2.46. The Bertz CT molecular complexity index is 939. The number of amides is 2. The van der Waals surface area contributed by atoms with Crippen LogP contribution in [0.1, 0.15) is 47.2 Å². The number of piperidine rings is 1. The molecule has 2 aromatic rings. The summed E-state index contributed by atoms with van der Waals surface area (Å²) in [5, 5.41) is 3.30. The van der Waals surface area contributed by atoms with Crippen molar-refractivity contribution in [3.8, 4) is 0 Å². The number of hydrogen-bond donors (Lipinski definition) is 1. The first-order chi connectivity index (χ1) is 14.5. The molecule has 2 amide bonds. The van der Waals surface area contributed by atoms with Gasteiger partial charge in [-0.15, -0.1) is 0 Å². The van der Waals surface area contributed by atoms with E-state index in [1.54, 1.807) is 12.1 Å². The number of likely N-dealkylation sites (N-methyl/N-ethyl adjacent to an activating group) is 1. The second-order valence-electron chi connectivity index (χ2n) is 8.33. The van der Waals surface area contributed by atoms with E-state index in [1.807, 2.05) is 17.9 Å². The van der Waals surface area contributed by atoms with Crippen LogP contribution in [0.25, 0.3) is 0 Å². The Balaban J connectivity index is 1.37. The van der Waals surface area contributed by atoms with E-state index in [1.165, 1.54) is 5.56 Å². The van der Waals surface area contributed by atoms with Gasteiger partial charge in [-0.3, -0.25) is 9.59 Å². The fourth-order valence-corrected chi connectivity index (χ4v) is 4.74. The number of benzene rings is 2. The van der Waals surface area contributed by atoms with Gasteiger partial charge in [0.1, 0.15) is 0 Å². The minimum atomic E-state index is -0.362. The molecule has 0 saturated carbocycles. The summed E-state index contributed by atoms with van der Waals surface area (Å²) in [7, 11) is 2.18. The molecule has 0 aromatic heterocycles. The van der Waals surface area contributed by atoms with Crippen LogP contribution in [0.4, 0.5) is 5.69 Å². The minimum absolute atomic E-state index is 0.00310. The number of carbonyl (C=O) groups is 2.